The molecule has 0 aliphatic rings. The topological polar surface area (TPSA) is 20.2 Å². The zero-order chi connectivity index (χ0) is 8.27. The van der Waals surface area contributed by atoms with E-state index in [1.807, 2.05) is 44.2 Å². The summed E-state index contributed by atoms with van der Waals surface area (Å²) in [6.45, 7) is 4.02. The van der Waals surface area contributed by atoms with Crippen LogP contribution in [-0.4, -0.2) is 5.11 Å². The number of benzene rings is 1. The van der Waals surface area contributed by atoms with Crippen molar-refractivity contribution in [2.75, 3.05) is 0 Å². The van der Waals surface area contributed by atoms with Gasteiger partial charge in [0, 0.05) is 0 Å². The normalized spacial score (nSPS) is 12.3. The van der Waals surface area contributed by atoms with Crippen molar-refractivity contribution < 1.29 is 36.1 Å². The average molecular weight is 174 g/mol. The quantitative estimate of drug-likeness (QED) is 0.599. The third kappa shape index (κ3) is 3.28. The van der Waals surface area contributed by atoms with Crippen LogP contribution in [0.5, 0.6) is 0 Å². The molecule has 0 heterocycles. The molecule has 1 atom stereocenters. The van der Waals surface area contributed by atoms with E-state index in [2.05, 4.69) is 0 Å². The van der Waals surface area contributed by atoms with Crippen LogP contribution < -0.4 is 29.6 Å². The van der Waals surface area contributed by atoms with Gasteiger partial charge in [-0.15, -0.1) is 0 Å². The molecule has 0 aromatic heterocycles. The van der Waals surface area contributed by atoms with Gasteiger partial charge in [0.2, 0.25) is 0 Å². The van der Waals surface area contributed by atoms with Crippen molar-refractivity contribution in [3.63, 3.8) is 0 Å². The van der Waals surface area contributed by atoms with Crippen LogP contribution in [0.4, 0.5) is 0 Å². The molecule has 0 saturated heterocycles. The maximum Gasteiger partial charge on any atom is 1.00 e. The smallest absolute Gasteiger partial charge is 1.00 e. The molecule has 0 amide bonds. The van der Waals surface area contributed by atoms with E-state index in [-0.39, 0.29) is 43.0 Å². The van der Waals surface area contributed by atoms with E-state index in [0.29, 0.717) is 0 Å². The van der Waals surface area contributed by atoms with Gasteiger partial charge in [0.1, 0.15) is 0 Å². The Labute approximate surface area is 97.6 Å². The fourth-order valence-corrected chi connectivity index (χ4v) is 1.04. The average Bonchev–Trinajstić information content (AvgIpc) is 2.05. The maximum absolute atomic E-state index is 9.60. The van der Waals surface area contributed by atoms with E-state index in [1.165, 1.54) is 0 Å². The van der Waals surface area contributed by atoms with Crippen molar-refractivity contribution in [2.24, 2.45) is 5.92 Å². The fourth-order valence-electron chi connectivity index (χ4n) is 1.04. The molecule has 0 saturated carbocycles. The molecule has 1 nitrogen and oxygen atoms in total. The zero-order valence-corrected chi connectivity index (χ0v) is 9.99. The van der Waals surface area contributed by atoms with Crippen molar-refractivity contribution >= 4 is 0 Å². The first-order valence-corrected chi connectivity index (χ1v) is 3.95. The maximum atomic E-state index is 9.60. The minimum Gasteiger partial charge on any atom is -1.00 e. The molecule has 0 radical (unpaired) electrons. The molecule has 1 aromatic rings. The van der Waals surface area contributed by atoms with Crippen molar-refractivity contribution in [1.29, 1.82) is 0 Å². The Morgan fingerprint density at radius 2 is 1.67 bits per heavy atom. The fraction of sp³-hybridized carbons (Fsp3) is 0.400. The Bertz CT molecular complexity index is 213. The van der Waals surface area contributed by atoms with Crippen molar-refractivity contribution in [3.8, 4) is 0 Å². The van der Waals surface area contributed by atoms with Crippen molar-refractivity contribution in [1.82, 2.24) is 0 Å². The summed E-state index contributed by atoms with van der Waals surface area (Å²) in [4.78, 5) is 0. The van der Waals surface area contributed by atoms with Gasteiger partial charge in [0.05, 0.1) is 6.10 Å². The summed E-state index contributed by atoms with van der Waals surface area (Å²) < 4.78 is 0. The van der Waals surface area contributed by atoms with E-state index in [0.717, 1.165) is 5.56 Å². The molecule has 1 rings (SSSR count). The molecule has 12 heavy (non-hydrogen) atoms. The van der Waals surface area contributed by atoms with Gasteiger partial charge in [-0.2, -0.15) is 0 Å². The Morgan fingerprint density at radius 1 is 1.17 bits per heavy atom. The summed E-state index contributed by atoms with van der Waals surface area (Å²) in [6, 6.07) is 9.74. The number of aliphatic hydroxyl groups is 1. The third-order valence-electron chi connectivity index (χ3n) is 1.77. The van der Waals surface area contributed by atoms with Gasteiger partial charge in [-0.05, 0) is 11.5 Å². The van der Waals surface area contributed by atoms with Crippen molar-refractivity contribution in [2.45, 2.75) is 20.0 Å². The van der Waals surface area contributed by atoms with E-state index in [9.17, 15) is 5.11 Å². The number of rotatable bonds is 2. The predicted octanol–water partition coefficient (Wildman–Crippen LogP) is -0.508. The van der Waals surface area contributed by atoms with Crippen LogP contribution in [0.3, 0.4) is 0 Å². The Morgan fingerprint density at radius 3 is 2.08 bits per heavy atom. The van der Waals surface area contributed by atoms with E-state index >= 15 is 0 Å². The summed E-state index contributed by atoms with van der Waals surface area (Å²) in [5, 5.41) is 9.60. The monoisotopic (exact) mass is 174 g/mol. The number of aliphatic hydroxyl groups excluding tert-OH is 1. The minimum atomic E-state index is -0.323. The second-order valence-electron chi connectivity index (χ2n) is 3.10. The van der Waals surface area contributed by atoms with Crippen LogP contribution in [0.15, 0.2) is 30.3 Å². The molecule has 2 heteroatoms. The van der Waals surface area contributed by atoms with Crippen molar-refractivity contribution in [3.05, 3.63) is 35.9 Å². The van der Waals surface area contributed by atoms with Gasteiger partial charge in [0.15, 0.2) is 0 Å². The van der Waals surface area contributed by atoms with Gasteiger partial charge in [-0.25, -0.2) is 0 Å². The van der Waals surface area contributed by atoms with Gasteiger partial charge < -0.3 is 6.53 Å². The van der Waals surface area contributed by atoms with Crippen LogP contribution in [0.1, 0.15) is 26.9 Å². The molecule has 0 spiro atoms. The third-order valence-corrected chi connectivity index (χ3v) is 1.77. The first-order chi connectivity index (χ1) is 5.22. The van der Waals surface area contributed by atoms with Crippen LogP contribution in [0.2, 0.25) is 0 Å². The zero-order valence-electron chi connectivity index (χ0n) is 8.99. The van der Waals surface area contributed by atoms with Gasteiger partial charge in [0.25, 0.3) is 0 Å². The molecule has 1 N–H and O–H groups in total. The van der Waals surface area contributed by atoms with E-state index in [4.69, 9.17) is 0 Å². The first-order valence-electron chi connectivity index (χ1n) is 3.95. The minimum absolute atomic E-state index is 0. The van der Waals surface area contributed by atoms with E-state index < -0.39 is 0 Å². The molecule has 0 bridgehead atoms. The van der Waals surface area contributed by atoms with E-state index in [1.54, 1.807) is 0 Å². The van der Waals surface area contributed by atoms with Gasteiger partial charge in [-0.1, -0.05) is 44.2 Å². The molecule has 1 unspecified atom stereocenters. The molecule has 0 aliphatic carbocycles. The van der Waals surface area contributed by atoms with Gasteiger partial charge >= 0.3 is 29.6 Å². The van der Waals surface area contributed by atoms with Crippen LogP contribution in [-0.2, 0) is 0 Å². The summed E-state index contributed by atoms with van der Waals surface area (Å²) in [5.41, 5.74) is 1.00. The molecular formula is C10H15NaO. The molecule has 0 fully saturated rings. The Kier molecular flexibility index (Phi) is 5.85. The first kappa shape index (κ1) is 12.2. The van der Waals surface area contributed by atoms with Crippen LogP contribution in [0.25, 0.3) is 0 Å². The Balaban J connectivity index is 0. The molecule has 1 aromatic carbocycles. The summed E-state index contributed by atoms with van der Waals surface area (Å²) >= 11 is 0. The molecular weight excluding hydrogens is 159 g/mol. The standard InChI is InChI=1S/C10H14O.Na.H/c1-8(2)10(11)9-6-4-3-5-7-9;;/h3-8,10-11H,1-2H3;;/q;+1;-1. The second-order valence-corrected chi connectivity index (χ2v) is 3.10. The SMILES string of the molecule is CC(C)C(O)c1ccccc1.[H-].[Na+]. The van der Waals surface area contributed by atoms with Crippen LogP contribution >= 0.6 is 0 Å². The molecule has 62 valence electrons. The predicted molar refractivity (Wildman–Crippen MR) is 47.4 cm³/mol. The number of hydrogen-bond donors (Lipinski definition) is 1. The number of hydrogen-bond acceptors (Lipinski definition) is 1. The van der Waals surface area contributed by atoms with Gasteiger partial charge in [-0.3, -0.25) is 0 Å². The summed E-state index contributed by atoms with van der Waals surface area (Å²) in [6.07, 6.45) is -0.323. The summed E-state index contributed by atoms with van der Waals surface area (Å²) in [7, 11) is 0. The van der Waals surface area contributed by atoms with Crippen LogP contribution in [0, 0.1) is 5.92 Å². The molecule has 0 aliphatic heterocycles. The second kappa shape index (κ2) is 5.76. The summed E-state index contributed by atoms with van der Waals surface area (Å²) in [5.74, 6) is 0.289. The Hall–Kier alpha value is 0.180. The largest absolute Gasteiger partial charge is 1.00 e.